The Balaban J connectivity index is 1.48. The number of nitrogens with zero attached hydrogens (tertiary/aromatic N) is 3. The first-order valence-corrected chi connectivity index (χ1v) is 13.3. The SMILES string of the molecule is CC(C)(C)c1cc(-c2ccccn2)cc(-c2ccc3ccn(-c4cc5cc(C(C)(C)C)ccc5[nH]4)c3n2)c1. The van der Waals surface area contributed by atoms with Gasteiger partial charge in [0.25, 0.3) is 0 Å². The van der Waals surface area contributed by atoms with Gasteiger partial charge < -0.3 is 4.98 Å². The highest BCUT2D eigenvalue weighted by atomic mass is 15.1. The van der Waals surface area contributed by atoms with Gasteiger partial charge in [0.1, 0.15) is 11.5 Å². The van der Waals surface area contributed by atoms with E-state index in [4.69, 9.17) is 4.98 Å². The average Bonchev–Trinajstić information content (AvgIpc) is 3.51. The van der Waals surface area contributed by atoms with E-state index in [0.717, 1.165) is 44.9 Å². The summed E-state index contributed by atoms with van der Waals surface area (Å²) in [5.41, 5.74) is 8.89. The van der Waals surface area contributed by atoms with Crippen LogP contribution >= 0.6 is 0 Å². The van der Waals surface area contributed by atoms with Gasteiger partial charge in [-0.3, -0.25) is 9.55 Å². The lowest BCUT2D eigenvalue weighted by atomic mass is 9.84. The van der Waals surface area contributed by atoms with E-state index in [0.29, 0.717) is 0 Å². The van der Waals surface area contributed by atoms with Crippen LogP contribution in [0, 0.1) is 0 Å². The molecule has 6 rings (SSSR count). The van der Waals surface area contributed by atoms with Gasteiger partial charge >= 0.3 is 0 Å². The number of nitrogens with one attached hydrogen (secondary N) is 1. The van der Waals surface area contributed by atoms with E-state index >= 15 is 0 Å². The van der Waals surface area contributed by atoms with Crippen molar-refractivity contribution in [3.05, 3.63) is 102 Å². The lowest BCUT2D eigenvalue weighted by molar-refractivity contribution is 0.590. The quantitative estimate of drug-likeness (QED) is 0.265. The average molecular weight is 499 g/mol. The number of rotatable bonds is 3. The summed E-state index contributed by atoms with van der Waals surface area (Å²) in [5.74, 6) is 1.02. The summed E-state index contributed by atoms with van der Waals surface area (Å²) in [6.07, 6.45) is 3.95. The minimum atomic E-state index is 0.000122. The molecule has 4 nitrogen and oxygen atoms in total. The molecule has 0 aliphatic heterocycles. The van der Waals surface area contributed by atoms with Crippen LogP contribution in [0.15, 0.2) is 91.3 Å². The maximum Gasteiger partial charge on any atom is 0.146 e. The number of hydrogen-bond donors (Lipinski definition) is 1. The van der Waals surface area contributed by atoms with Crippen LogP contribution in [-0.2, 0) is 10.8 Å². The highest BCUT2D eigenvalue weighted by Crippen LogP contribution is 2.34. The van der Waals surface area contributed by atoms with Gasteiger partial charge in [0.05, 0.1) is 11.4 Å². The number of fused-ring (bicyclic) bond motifs is 2. The van der Waals surface area contributed by atoms with Crippen molar-refractivity contribution in [2.45, 2.75) is 52.4 Å². The maximum absolute atomic E-state index is 5.19. The topological polar surface area (TPSA) is 46.5 Å². The second-order valence-corrected chi connectivity index (χ2v) is 12.3. The zero-order chi connectivity index (χ0) is 26.7. The summed E-state index contributed by atoms with van der Waals surface area (Å²) >= 11 is 0. The summed E-state index contributed by atoms with van der Waals surface area (Å²) < 4.78 is 2.16. The van der Waals surface area contributed by atoms with Crippen molar-refractivity contribution in [2.24, 2.45) is 0 Å². The number of aromatic nitrogens is 4. The lowest BCUT2D eigenvalue weighted by Gasteiger charge is -2.21. The first kappa shape index (κ1) is 24.2. The molecular weight excluding hydrogens is 464 g/mol. The summed E-state index contributed by atoms with van der Waals surface area (Å²) in [6.45, 7) is 13.5. The molecular formula is C34H34N4. The van der Waals surface area contributed by atoms with Gasteiger partial charge in [-0.05, 0) is 88.7 Å². The van der Waals surface area contributed by atoms with E-state index in [-0.39, 0.29) is 10.8 Å². The molecule has 0 atom stereocenters. The fraction of sp³-hybridized carbons (Fsp3) is 0.235. The Labute approximate surface area is 224 Å². The molecule has 38 heavy (non-hydrogen) atoms. The maximum atomic E-state index is 5.19. The Hall–Kier alpha value is -4.18. The van der Waals surface area contributed by atoms with Gasteiger partial charge in [-0.15, -0.1) is 0 Å². The fourth-order valence-electron chi connectivity index (χ4n) is 4.97. The highest BCUT2D eigenvalue weighted by Gasteiger charge is 2.18. The molecule has 2 aromatic carbocycles. The van der Waals surface area contributed by atoms with Crippen LogP contribution in [0.1, 0.15) is 52.7 Å². The largest absolute Gasteiger partial charge is 0.341 e. The molecule has 0 amide bonds. The van der Waals surface area contributed by atoms with E-state index in [9.17, 15) is 0 Å². The van der Waals surface area contributed by atoms with Crippen LogP contribution in [0.3, 0.4) is 0 Å². The first-order valence-electron chi connectivity index (χ1n) is 13.3. The van der Waals surface area contributed by atoms with Crippen LogP contribution < -0.4 is 0 Å². The van der Waals surface area contributed by atoms with Crippen molar-refractivity contribution in [1.82, 2.24) is 19.5 Å². The van der Waals surface area contributed by atoms with Crippen LogP contribution in [0.4, 0.5) is 0 Å². The minimum Gasteiger partial charge on any atom is -0.341 e. The molecule has 6 aromatic rings. The van der Waals surface area contributed by atoms with Crippen molar-refractivity contribution < 1.29 is 0 Å². The van der Waals surface area contributed by atoms with Crippen molar-refractivity contribution >= 4 is 21.9 Å². The molecule has 0 radical (unpaired) electrons. The molecule has 190 valence electrons. The highest BCUT2D eigenvalue weighted by molar-refractivity contribution is 5.86. The van der Waals surface area contributed by atoms with E-state index in [2.05, 4.69) is 129 Å². The van der Waals surface area contributed by atoms with Crippen molar-refractivity contribution in [3.63, 3.8) is 0 Å². The molecule has 0 unspecified atom stereocenters. The fourth-order valence-corrected chi connectivity index (χ4v) is 4.97. The molecule has 0 saturated heterocycles. The van der Waals surface area contributed by atoms with Crippen molar-refractivity contribution in [1.29, 1.82) is 0 Å². The molecule has 0 saturated carbocycles. The summed E-state index contributed by atoms with van der Waals surface area (Å²) in [7, 11) is 0. The lowest BCUT2D eigenvalue weighted by Crippen LogP contribution is -2.11. The van der Waals surface area contributed by atoms with E-state index < -0.39 is 0 Å². The van der Waals surface area contributed by atoms with E-state index in [1.165, 1.54) is 16.5 Å². The third kappa shape index (κ3) is 4.41. The molecule has 4 aromatic heterocycles. The Bertz CT molecular complexity index is 1770. The smallest absolute Gasteiger partial charge is 0.146 e. The Morgan fingerprint density at radius 3 is 2.13 bits per heavy atom. The van der Waals surface area contributed by atoms with Gasteiger partial charge in [0.2, 0.25) is 0 Å². The normalized spacial score (nSPS) is 12.5. The zero-order valence-corrected chi connectivity index (χ0v) is 23.0. The zero-order valence-electron chi connectivity index (χ0n) is 23.0. The van der Waals surface area contributed by atoms with Crippen molar-refractivity contribution in [3.8, 4) is 28.3 Å². The van der Waals surface area contributed by atoms with Gasteiger partial charge in [0.15, 0.2) is 0 Å². The van der Waals surface area contributed by atoms with Crippen molar-refractivity contribution in [2.75, 3.05) is 0 Å². The number of pyridine rings is 2. The van der Waals surface area contributed by atoms with E-state index in [1.807, 2.05) is 18.3 Å². The molecule has 1 N–H and O–H groups in total. The second kappa shape index (κ2) is 8.70. The first-order chi connectivity index (χ1) is 18.1. The second-order valence-electron chi connectivity index (χ2n) is 12.3. The predicted octanol–water partition coefficient (Wildman–Crippen LogP) is 8.83. The number of aromatic amines is 1. The molecule has 0 spiro atoms. The predicted molar refractivity (Wildman–Crippen MR) is 159 cm³/mol. The third-order valence-electron chi connectivity index (χ3n) is 7.32. The van der Waals surface area contributed by atoms with Gasteiger partial charge in [-0.2, -0.15) is 0 Å². The Morgan fingerprint density at radius 2 is 1.42 bits per heavy atom. The third-order valence-corrected chi connectivity index (χ3v) is 7.32. The molecule has 0 aliphatic rings. The standard InChI is InChI=1S/C34H34N4/c1-33(2,3)26-11-13-29-25(18-26)21-31(36-29)38-16-14-22-10-12-30(37-32(22)38)24-17-23(28-9-7-8-15-35-28)19-27(20-24)34(4,5)6/h7-21,36H,1-6H3. The van der Waals surface area contributed by atoms with Crippen LogP contribution in [0.25, 0.3) is 50.3 Å². The molecule has 0 aliphatic carbocycles. The monoisotopic (exact) mass is 498 g/mol. The van der Waals surface area contributed by atoms with Crippen LogP contribution in [0.2, 0.25) is 0 Å². The Morgan fingerprint density at radius 1 is 0.658 bits per heavy atom. The molecule has 4 heterocycles. The summed E-state index contributed by atoms with van der Waals surface area (Å²) in [5, 5.41) is 2.32. The number of H-pyrrole nitrogens is 1. The number of hydrogen-bond acceptors (Lipinski definition) is 2. The summed E-state index contributed by atoms with van der Waals surface area (Å²) in [6, 6.07) is 28.1. The molecule has 0 bridgehead atoms. The summed E-state index contributed by atoms with van der Waals surface area (Å²) in [4.78, 5) is 13.4. The van der Waals surface area contributed by atoms with Crippen LogP contribution in [0.5, 0.6) is 0 Å². The number of benzene rings is 2. The molecule has 0 fully saturated rings. The van der Waals surface area contributed by atoms with E-state index in [1.54, 1.807) is 0 Å². The van der Waals surface area contributed by atoms with Gasteiger partial charge in [0, 0.05) is 39.8 Å². The minimum absolute atomic E-state index is 0.000122. The Kier molecular flexibility index (Phi) is 5.53. The van der Waals surface area contributed by atoms with Crippen LogP contribution in [-0.4, -0.2) is 19.5 Å². The molecule has 4 heteroatoms. The van der Waals surface area contributed by atoms with Gasteiger partial charge in [-0.1, -0.05) is 53.7 Å². The van der Waals surface area contributed by atoms with Gasteiger partial charge in [-0.25, -0.2) is 4.98 Å².